The lowest BCUT2D eigenvalue weighted by atomic mass is 9.82. The molecule has 4 rings (SSSR count). The van der Waals surface area contributed by atoms with Crippen LogP contribution in [0.5, 0.6) is 0 Å². The minimum atomic E-state index is -1.21. The lowest BCUT2D eigenvalue weighted by Gasteiger charge is -2.41. The van der Waals surface area contributed by atoms with E-state index in [0.717, 1.165) is 31.7 Å². The van der Waals surface area contributed by atoms with Crippen molar-refractivity contribution in [2.24, 2.45) is 17.6 Å². The van der Waals surface area contributed by atoms with Crippen LogP contribution in [0, 0.1) is 29.3 Å². The van der Waals surface area contributed by atoms with Crippen molar-refractivity contribution in [3.05, 3.63) is 35.1 Å². The van der Waals surface area contributed by atoms with Crippen LogP contribution in [0.1, 0.15) is 50.5 Å². The number of amides is 2. The van der Waals surface area contributed by atoms with E-state index in [9.17, 15) is 22.8 Å². The van der Waals surface area contributed by atoms with Crippen LogP contribution in [0.25, 0.3) is 0 Å². The number of nitrogens with two attached hydrogens (primary N) is 1. The topological polar surface area (TPSA) is 84.7 Å². The molecule has 0 saturated carbocycles. The number of ether oxygens (including phenoxy) is 1. The van der Waals surface area contributed by atoms with Crippen molar-refractivity contribution in [1.29, 1.82) is 0 Å². The van der Waals surface area contributed by atoms with E-state index in [-0.39, 0.29) is 48.3 Å². The zero-order valence-corrected chi connectivity index (χ0v) is 18.7. The fourth-order valence-electron chi connectivity index (χ4n) is 5.67. The molecule has 2 amide bonds. The third-order valence-corrected chi connectivity index (χ3v) is 7.46. The summed E-state index contributed by atoms with van der Waals surface area (Å²) in [5, 5.41) is 2.78. The molecular formula is C24H32F3N3O3. The minimum Gasteiger partial charge on any atom is -0.381 e. The fraction of sp³-hybridized carbons (Fsp3) is 0.667. The van der Waals surface area contributed by atoms with E-state index in [1.54, 1.807) is 0 Å². The van der Waals surface area contributed by atoms with Crippen LogP contribution in [0.2, 0.25) is 0 Å². The molecular weight excluding hydrogens is 435 g/mol. The highest BCUT2D eigenvalue weighted by Gasteiger charge is 2.44. The second kappa shape index (κ2) is 10.4. The summed E-state index contributed by atoms with van der Waals surface area (Å²) in [7, 11) is 0. The van der Waals surface area contributed by atoms with E-state index in [1.165, 1.54) is 0 Å². The van der Waals surface area contributed by atoms with Crippen LogP contribution in [0.4, 0.5) is 13.2 Å². The molecule has 0 spiro atoms. The van der Waals surface area contributed by atoms with Crippen LogP contribution in [-0.4, -0.2) is 54.6 Å². The zero-order valence-electron chi connectivity index (χ0n) is 18.7. The standard InChI is InChI=1S/C24H32F3N3O3/c25-19-12-21(27)20(26)10-15(19)11-22(28)16-8-17-1-2-18(9-16)30(17)24(32)13-29-23(31)7-14-3-5-33-6-4-14/h10,12,14,16-18,22H,1-9,11,13,28H2,(H,29,31)/t16?,17-,18+,22-/m1/s1. The number of piperidine rings is 1. The second-order valence-corrected chi connectivity index (χ2v) is 9.68. The maximum absolute atomic E-state index is 14.0. The number of carbonyl (C=O) groups is 2. The molecule has 0 aromatic heterocycles. The largest absolute Gasteiger partial charge is 0.381 e. The summed E-state index contributed by atoms with van der Waals surface area (Å²) in [6, 6.07) is 1.09. The summed E-state index contributed by atoms with van der Waals surface area (Å²) >= 11 is 0. The van der Waals surface area contributed by atoms with E-state index < -0.39 is 23.5 Å². The Bertz CT molecular complexity index is 864. The number of rotatable bonds is 7. The molecule has 2 bridgehead atoms. The molecule has 182 valence electrons. The number of carbonyl (C=O) groups excluding carboxylic acids is 2. The summed E-state index contributed by atoms with van der Waals surface area (Å²) in [6.07, 6.45) is 5.38. The van der Waals surface area contributed by atoms with Gasteiger partial charge in [-0.1, -0.05) is 0 Å². The lowest BCUT2D eigenvalue weighted by Crippen LogP contribution is -2.52. The molecule has 3 heterocycles. The first-order valence-corrected chi connectivity index (χ1v) is 11.9. The summed E-state index contributed by atoms with van der Waals surface area (Å²) in [6.45, 7) is 1.35. The van der Waals surface area contributed by atoms with Gasteiger partial charge in [0, 0.05) is 43.8 Å². The quantitative estimate of drug-likeness (QED) is 0.604. The van der Waals surface area contributed by atoms with Crippen LogP contribution >= 0.6 is 0 Å². The Kier molecular flexibility index (Phi) is 7.58. The van der Waals surface area contributed by atoms with Crippen LogP contribution in [-0.2, 0) is 20.7 Å². The van der Waals surface area contributed by atoms with Gasteiger partial charge in [-0.15, -0.1) is 0 Å². The van der Waals surface area contributed by atoms with Gasteiger partial charge in [0.25, 0.3) is 0 Å². The molecule has 3 N–H and O–H groups in total. The molecule has 3 saturated heterocycles. The van der Waals surface area contributed by atoms with Gasteiger partial charge in [0.1, 0.15) is 5.82 Å². The molecule has 3 aliphatic rings. The average Bonchev–Trinajstić information content (AvgIpc) is 3.05. The van der Waals surface area contributed by atoms with Crippen molar-refractivity contribution in [3.8, 4) is 0 Å². The molecule has 1 aromatic rings. The smallest absolute Gasteiger partial charge is 0.242 e. The molecule has 1 unspecified atom stereocenters. The predicted molar refractivity (Wildman–Crippen MR) is 116 cm³/mol. The van der Waals surface area contributed by atoms with Gasteiger partial charge >= 0.3 is 0 Å². The van der Waals surface area contributed by atoms with Crippen molar-refractivity contribution < 1.29 is 27.5 Å². The fourth-order valence-corrected chi connectivity index (χ4v) is 5.67. The molecule has 6 nitrogen and oxygen atoms in total. The highest BCUT2D eigenvalue weighted by Crippen LogP contribution is 2.40. The van der Waals surface area contributed by atoms with Crippen molar-refractivity contribution in [2.45, 2.75) is 69.5 Å². The Morgan fingerprint density at radius 1 is 1.03 bits per heavy atom. The Labute approximate surface area is 192 Å². The van der Waals surface area contributed by atoms with E-state index in [2.05, 4.69) is 5.32 Å². The van der Waals surface area contributed by atoms with Gasteiger partial charge in [-0.2, -0.15) is 0 Å². The summed E-state index contributed by atoms with van der Waals surface area (Å²) in [4.78, 5) is 27.0. The molecule has 0 aliphatic carbocycles. The van der Waals surface area contributed by atoms with E-state index in [0.29, 0.717) is 44.5 Å². The molecule has 3 aliphatic heterocycles. The third kappa shape index (κ3) is 5.69. The summed E-state index contributed by atoms with van der Waals surface area (Å²) < 4.78 is 46.1. The number of fused-ring (bicyclic) bond motifs is 2. The number of benzene rings is 1. The maximum Gasteiger partial charge on any atom is 0.242 e. The predicted octanol–water partition coefficient (Wildman–Crippen LogP) is 2.68. The number of hydrogen-bond acceptors (Lipinski definition) is 4. The lowest BCUT2D eigenvalue weighted by molar-refractivity contribution is -0.137. The van der Waals surface area contributed by atoms with Gasteiger partial charge in [-0.05, 0) is 68.4 Å². The SMILES string of the molecule is N[C@H](Cc1cc(F)c(F)cc1F)C1C[C@H]2CC[C@@H](C1)N2C(=O)CNC(=O)CC1CCOCC1. The molecule has 4 atom stereocenters. The molecule has 3 fully saturated rings. The molecule has 1 aromatic carbocycles. The van der Waals surface area contributed by atoms with Crippen LogP contribution < -0.4 is 11.1 Å². The minimum absolute atomic E-state index is 0.00809. The van der Waals surface area contributed by atoms with Gasteiger partial charge in [0.2, 0.25) is 11.8 Å². The van der Waals surface area contributed by atoms with E-state index in [4.69, 9.17) is 10.5 Å². The average molecular weight is 468 g/mol. The Balaban J connectivity index is 1.28. The number of nitrogens with zero attached hydrogens (tertiary/aromatic N) is 1. The van der Waals surface area contributed by atoms with Gasteiger partial charge in [0.05, 0.1) is 6.54 Å². The highest BCUT2D eigenvalue weighted by atomic mass is 19.2. The van der Waals surface area contributed by atoms with Crippen molar-refractivity contribution in [2.75, 3.05) is 19.8 Å². The zero-order chi connectivity index (χ0) is 23.5. The first kappa shape index (κ1) is 24.0. The van der Waals surface area contributed by atoms with E-state index >= 15 is 0 Å². The van der Waals surface area contributed by atoms with Gasteiger partial charge < -0.3 is 20.7 Å². The first-order valence-electron chi connectivity index (χ1n) is 11.9. The molecule has 0 radical (unpaired) electrons. The third-order valence-electron chi connectivity index (χ3n) is 7.46. The van der Waals surface area contributed by atoms with Gasteiger partial charge in [-0.25, -0.2) is 13.2 Å². The van der Waals surface area contributed by atoms with E-state index in [1.807, 2.05) is 4.90 Å². The second-order valence-electron chi connectivity index (χ2n) is 9.68. The van der Waals surface area contributed by atoms with Crippen molar-refractivity contribution >= 4 is 11.8 Å². The number of hydrogen-bond donors (Lipinski definition) is 2. The van der Waals surface area contributed by atoms with Crippen molar-refractivity contribution in [3.63, 3.8) is 0 Å². The number of nitrogens with one attached hydrogen (secondary N) is 1. The Hall–Kier alpha value is -2.13. The summed E-state index contributed by atoms with van der Waals surface area (Å²) in [5.41, 5.74) is 6.42. The normalized spacial score (nSPS) is 26.3. The van der Waals surface area contributed by atoms with Crippen LogP contribution in [0.15, 0.2) is 12.1 Å². The maximum atomic E-state index is 14.0. The molecule has 9 heteroatoms. The Morgan fingerprint density at radius 3 is 2.33 bits per heavy atom. The Morgan fingerprint density at radius 2 is 1.67 bits per heavy atom. The van der Waals surface area contributed by atoms with Crippen molar-refractivity contribution in [1.82, 2.24) is 10.2 Å². The monoisotopic (exact) mass is 467 g/mol. The van der Waals surface area contributed by atoms with Crippen LogP contribution in [0.3, 0.4) is 0 Å². The number of halogens is 3. The molecule has 33 heavy (non-hydrogen) atoms. The summed E-state index contributed by atoms with van der Waals surface area (Å²) in [5.74, 6) is -2.91. The van der Waals surface area contributed by atoms with Gasteiger partial charge in [-0.3, -0.25) is 9.59 Å². The highest BCUT2D eigenvalue weighted by molar-refractivity contribution is 5.85. The first-order chi connectivity index (χ1) is 15.8. The van der Waals surface area contributed by atoms with Gasteiger partial charge in [0.15, 0.2) is 11.6 Å².